The van der Waals surface area contributed by atoms with Crippen molar-refractivity contribution in [3.63, 3.8) is 0 Å². The monoisotopic (exact) mass is 194 g/mol. The zero-order valence-electron chi connectivity index (χ0n) is 5.29. The lowest BCUT2D eigenvalue weighted by atomic mass is 9.74. The molecule has 3 nitrogen and oxygen atoms in total. The first-order chi connectivity index (χ1) is 5.13. The minimum absolute atomic E-state index is 0.444. The molecule has 0 amide bonds. The van der Waals surface area contributed by atoms with Crippen LogP contribution in [-0.4, -0.2) is 22.7 Å². The molecule has 11 heavy (non-hydrogen) atoms. The van der Waals surface area contributed by atoms with Crippen molar-refractivity contribution in [3.8, 4) is 0 Å². The number of fused-ring (bicyclic) bond motifs is 1. The van der Waals surface area contributed by atoms with Crippen molar-refractivity contribution in [2.45, 2.75) is 10.8 Å². The van der Waals surface area contributed by atoms with Crippen LogP contribution in [0.15, 0.2) is 0 Å². The van der Waals surface area contributed by atoms with E-state index in [0.717, 1.165) is 0 Å². The summed E-state index contributed by atoms with van der Waals surface area (Å²) in [4.78, 5) is 21.6. The van der Waals surface area contributed by atoms with Crippen LogP contribution >= 0.6 is 23.2 Å². The van der Waals surface area contributed by atoms with Crippen LogP contribution < -0.4 is 0 Å². The Labute approximate surface area is 72.6 Å². The summed E-state index contributed by atoms with van der Waals surface area (Å²) < 4.78 is 4.34. The summed E-state index contributed by atoms with van der Waals surface area (Å²) in [5.74, 6) is -2.05. The molecule has 5 heteroatoms. The Kier molecular flexibility index (Phi) is 1.41. The first-order valence-electron chi connectivity index (χ1n) is 3.16. The zero-order chi connectivity index (χ0) is 8.17. The van der Waals surface area contributed by atoms with E-state index >= 15 is 0 Å². The highest BCUT2D eigenvalue weighted by Crippen LogP contribution is 2.47. The normalized spacial score (nSPS) is 48.2. The van der Waals surface area contributed by atoms with E-state index in [9.17, 15) is 9.59 Å². The molecule has 60 valence electrons. The van der Waals surface area contributed by atoms with Gasteiger partial charge in [-0.05, 0) is 0 Å². The van der Waals surface area contributed by atoms with Crippen LogP contribution in [0.3, 0.4) is 0 Å². The average molecular weight is 195 g/mol. The molecule has 1 saturated heterocycles. The molecule has 4 atom stereocenters. The summed E-state index contributed by atoms with van der Waals surface area (Å²) in [5, 5.41) is -0.888. The van der Waals surface area contributed by atoms with Gasteiger partial charge in [0.2, 0.25) is 0 Å². The van der Waals surface area contributed by atoms with E-state index in [1.54, 1.807) is 0 Å². The van der Waals surface area contributed by atoms with Gasteiger partial charge in [-0.15, -0.1) is 23.2 Å². The van der Waals surface area contributed by atoms with Crippen molar-refractivity contribution in [1.82, 2.24) is 0 Å². The molecule has 1 aliphatic carbocycles. The van der Waals surface area contributed by atoms with Crippen LogP contribution in [0.5, 0.6) is 0 Å². The maximum Gasteiger partial charge on any atom is 0.319 e. The number of cyclic esters (lactones) is 2. The lowest BCUT2D eigenvalue weighted by Crippen LogP contribution is -2.51. The van der Waals surface area contributed by atoms with E-state index in [2.05, 4.69) is 4.74 Å². The van der Waals surface area contributed by atoms with Gasteiger partial charge in [0.15, 0.2) is 0 Å². The lowest BCUT2D eigenvalue weighted by Gasteiger charge is -2.35. The summed E-state index contributed by atoms with van der Waals surface area (Å²) in [7, 11) is 0. The third-order valence-electron chi connectivity index (χ3n) is 2.12. The number of alkyl halides is 2. The van der Waals surface area contributed by atoms with E-state index in [-0.39, 0.29) is 0 Å². The van der Waals surface area contributed by atoms with Gasteiger partial charge >= 0.3 is 11.9 Å². The van der Waals surface area contributed by atoms with Gasteiger partial charge in [-0.2, -0.15) is 0 Å². The van der Waals surface area contributed by atoms with Crippen molar-refractivity contribution < 1.29 is 14.3 Å². The molecule has 0 N–H and O–H groups in total. The maximum absolute atomic E-state index is 10.8. The van der Waals surface area contributed by atoms with Gasteiger partial charge in [0.25, 0.3) is 0 Å². The number of ether oxygens (including phenoxy) is 1. The van der Waals surface area contributed by atoms with E-state index in [1.165, 1.54) is 0 Å². The van der Waals surface area contributed by atoms with Gasteiger partial charge in [-0.3, -0.25) is 9.59 Å². The summed E-state index contributed by atoms with van der Waals surface area (Å²) in [5.41, 5.74) is 0. The first-order valence-corrected chi connectivity index (χ1v) is 4.04. The van der Waals surface area contributed by atoms with Gasteiger partial charge < -0.3 is 4.74 Å². The van der Waals surface area contributed by atoms with Gasteiger partial charge in [0.1, 0.15) is 0 Å². The van der Waals surface area contributed by atoms with E-state index in [1.807, 2.05) is 0 Å². The molecule has 2 aliphatic rings. The molecule has 0 bridgehead atoms. The molecule has 0 spiro atoms. The fourth-order valence-electron chi connectivity index (χ4n) is 1.44. The minimum Gasteiger partial charge on any atom is -0.393 e. The average Bonchev–Trinajstić information content (AvgIpc) is 2.21. The Hall–Kier alpha value is -0.280. The second-order valence-corrected chi connectivity index (χ2v) is 3.69. The summed E-state index contributed by atoms with van der Waals surface area (Å²) in [6.45, 7) is 0. The van der Waals surface area contributed by atoms with Crippen molar-refractivity contribution in [3.05, 3.63) is 0 Å². The van der Waals surface area contributed by atoms with Crippen molar-refractivity contribution >= 4 is 35.1 Å². The van der Waals surface area contributed by atoms with Crippen molar-refractivity contribution in [2.24, 2.45) is 11.8 Å². The summed E-state index contributed by atoms with van der Waals surface area (Å²) >= 11 is 11.4. The van der Waals surface area contributed by atoms with Crippen molar-refractivity contribution in [2.75, 3.05) is 0 Å². The summed E-state index contributed by atoms with van der Waals surface area (Å²) in [6, 6.07) is 0. The lowest BCUT2D eigenvalue weighted by molar-refractivity contribution is -0.153. The first kappa shape index (κ1) is 7.37. The number of carbonyl (C=O) groups is 2. The van der Waals surface area contributed by atoms with Crippen LogP contribution in [-0.2, 0) is 14.3 Å². The Morgan fingerprint density at radius 1 is 1.00 bits per heavy atom. The van der Waals surface area contributed by atoms with E-state index in [4.69, 9.17) is 23.2 Å². The Morgan fingerprint density at radius 2 is 1.36 bits per heavy atom. The Bertz CT molecular complexity index is 216. The molecule has 1 heterocycles. The molecule has 1 aliphatic heterocycles. The van der Waals surface area contributed by atoms with Crippen LogP contribution in [0.1, 0.15) is 0 Å². The highest BCUT2D eigenvalue weighted by molar-refractivity contribution is 6.35. The molecule has 2 rings (SSSR count). The fraction of sp³-hybridized carbons (Fsp3) is 0.667. The quantitative estimate of drug-likeness (QED) is 0.321. The van der Waals surface area contributed by atoms with E-state index in [0.29, 0.717) is 0 Å². The van der Waals surface area contributed by atoms with Crippen LogP contribution in [0, 0.1) is 11.8 Å². The Morgan fingerprint density at radius 3 is 1.73 bits per heavy atom. The number of hydrogen-bond donors (Lipinski definition) is 0. The SMILES string of the molecule is O=C1OC(=O)[C@H]2[C@H](Cl)[C@H](Cl)[C@@H]12. The fourth-order valence-corrected chi connectivity index (χ4v) is 2.27. The third kappa shape index (κ3) is 0.754. The molecule has 1 saturated carbocycles. The molecule has 0 aromatic rings. The van der Waals surface area contributed by atoms with E-state index < -0.39 is 34.5 Å². The molecule has 2 fully saturated rings. The van der Waals surface area contributed by atoms with Crippen molar-refractivity contribution in [1.29, 1.82) is 0 Å². The third-order valence-corrected chi connectivity index (χ3v) is 3.34. The summed E-state index contributed by atoms with van der Waals surface area (Å²) in [6.07, 6.45) is 0. The molecular weight excluding hydrogens is 191 g/mol. The Balaban J connectivity index is 2.26. The highest BCUT2D eigenvalue weighted by atomic mass is 35.5. The molecule has 0 radical (unpaired) electrons. The van der Waals surface area contributed by atoms with Gasteiger partial charge in [-0.25, -0.2) is 0 Å². The van der Waals surface area contributed by atoms with Gasteiger partial charge in [0.05, 0.1) is 22.6 Å². The minimum atomic E-state index is -0.531. The smallest absolute Gasteiger partial charge is 0.319 e. The highest BCUT2D eigenvalue weighted by Gasteiger charge is 2.62. The molecule has 0 unspecified atom stereocenters. The zero-order valence-corrected chi connectivity index (χ0v) is 6.80. The number of halogens is 2. The molecular formula is C6H4Cl2O3. The van der Waals surface area contributed by atoms with Gasteiger partial charge in [0, 0.05) is 0 Å². The molecule has 0 aromatic carbocycles. The second kappa shape index (κ2) is 2.11. The standard InChI is InChI=1S/C6H4Cl2O3/c7-3-1-2(4(3)8)6(10)11-5(1)9/h1-4H/t1-,2+,3+,4-. The molecule has 0 aromatic heterocycles. The second-order valence-electron chi connectivity index (χ2n) is 2.68. The van der Waals surface area contributed by atoms with Crippen LogP contribution in [0.25, 0.3) is 0 Å². The predicted molar refractivity (Wildman–Crippen MR) is 37.4 cm³/mol. The number of rotatable bonds is 0. The number of hydrogen-bond acceptors (Lipinski definition) is 3. The number of esters is 2. The topological polar surface area (TPSA) is 43.4 Å². The maximum atomic E-state index is 10.8. The predicted octanol–water partition coefficient (Wildman–Crippen LogP) is 0.531. The largest absolute Gasteiger partial charge is 0.393 e. The van der Waals surface area contributed by atoms with Gasteiger partial charge in [-0.1, -0.05) is 0 Å². The number of carbonyl (C=O) groups excluding carboxylic acids is 2. The van der Waals surface area contributed by atoms with Crippen LogP contribution in [0.2, 0.25) is 0 Å². The van der Waals surface area contributed by atoms with Crippen LogP contribution in [0.4, 0.5) is 0 Å².